The third kappa shape index (κ3) is 5.26. The van der Waals surface area contributed by atoms with E-state index in [9.17, 15) is 14.4 Å². The zero-order valence-electron chi connectivity index (χ0n) is 8.88. The third-order valence-corrected chi connectivity index (χ3v) is 1.83. The van der Waals surface area contributed by atoms with Crippen LogP contribution in [-0.4, -0.2) is 40.6 Å². The highest BCUT2D eigenvalue weighted by Crippen LogP contribution is 2.03. The van der Waals surface area contributed by atoms with E-state index in [0.29, 0.717) is 0 Å². The number of hydrogen-bond acceptors (Lipinski definition) is 5. The molecule has 0 aromatic heterocycles. The number of ketones is 1. The lowest BCUT2D eigenvalue weighted by Gasteiger charge is -2.09. The Labute approximate surface area is 92.5 Å². The Balaban J connectivity index is 3.94. The van der Waals surface area contributed by atoms with Crippen LogP contribution in [0.1, 0.15) is 13.3 Å². The van der Waals surface area contributed by atoms with Crippen molar-refractivity contribution in [2.24, 2.45) is 5.92 Å². The van der Waals surface area contributed by atoms with Gasteiger partial charge in [-0.3, -0.25) is 14.4 Å². The van der Waals surface area contributed by atoms with E-state index in [1.165, 1.54) is 6.92 Å². The number of carbonyl (C=O) groups excluding carboxylic acids is 2. The van der Waals surface area contributed by atoms with E-state index in [2.05, 4.69) is 11.3 Å². The Morgan fingerprint density at radius 3 is 2.44 bits per heavy atom. The second-order valence-corrected chi connectivity index (χ2v) is 3.25. The summed E-state index contributed by atoms with van der Waals surface area (Å²) in [5.74, 6) is -3.40. The van der Waals surface area contributed by atoms with Crippen molar-refractivity contribution in [2.75, 3.05) is 6.61 Å². The molecule has 2 atom stereocenters. The van der Waals surface area contributed by atoms with Crippen molar-refractivity contribution < 1.29 is 29.3 Å². The minimum absolute atomic E-state index is 0.301. The summed E-state index contributed by atoms with van der Waals surface area (Å²) < 4.78 is 4.53. The largest absolute Gasteiger partial charge is 0.481 e. The Morgan fingerprint density at radius 2 is 2.00 bits per heavy atom. The van der Waals surface area contributed by atoms with Crippen LogP contribution in [0.15, 0.2) is 12.7 Å². The van der Waals surface area contributed by atoms with Crippen LogP contribution in [0.2, 0.25) is 0 Å². The highest BCUT2D eigenvalue weighted by molar-refractivity contribution is 5.93. The molecule has 90 valence electrons. The average molecular weight is 230 g/mol. The van der Waals surface area contributed by atoms with Crippen molar-refractivity contribution in [3.05, 3.63) is 12.7 Å². The average Bonchev–Trinajstić information content (AvgIpc) is 2.24. The van der Waals surface area contributed by atoms with Gasteiger partial charge in [0.05, 0.1) is 12.3 Å². The zero-order chi connectivity index (χ0) is 12.7. The van der Waals surface area contributed by atoms with Gasteiger partial charge in [-0.1, -0.05) is 13.5 Å². The second-order valence-electron chi connectivity index (χ2n) is 3.25. The first-order valence-corrected chi connectivity index (χ1v) is 4.61. The fraction of sp³-hybridized carbons (Fsp3) is 0.500. The number of hydrogen-bond donors (Lipinski definition) is 2. The standard InChI is InChI=1S/C10H14O6/c1-3-7(11)8(12)5-16-9(13)4-6(2)10(14)15/h3,6,8,12H,1,4-5H2,2H3,(H,14,15). The fourth-order valence-electron chi connectivity index (χ4n) is 0.786. The number of aliphatic carboxylic acids is 1. The summed E-state index contributed by atoms with van der Waals surface area (Å²) in [4.78, 5) is 32.2. The number of aliphatic hydroxyl groups excluding tert-OH is 1. The smallest absolute Gasteiger partial charge is 0.306 e. The Morgan fingerprint density at radius 1 is 1.44 bits per heavy atom. The summed E-state index contributed by atoms with van der Waals surface area (Å²) in [6, 6.07) is 0. The van der Waals surface area contributed by atoms with Gasteiger partial charge in [0.15, 0.2) is 11.9 Å². The van der Waals surface area contributed by atoms with Gasteiger partial charge in [-0.15, -0.1) is 0 Å². The molecular weight excluding hydrogens is 216 g/mol. The van der Waals surface area contributed by atoms with Crippen LogP contribution in [-0.2, 0) is 19.1 Å². The number of rotatable bonds is 7. The van der Waals surface area contributed by atoms with Gasteiger partial charge < -0.3 is 14.9 Å². The molecule has 6 nitrogen and oxygen atoms in total. The highest BCUT2D eigenvalue weighted by Gasteiger charge is 2.19. The van der Waals surface area contributed by atoms with E-state index in [0.717, 1.165) is 6.08 Å². The molecule has 0 aliphatic heterocycles. The normalized spacial score (nSPS) is 13.6. The molecule has 0 fully saturated rings. The van der Waals surface area contributed by atoms with Crippen LogP contribution in [0.4, 0.5) is 0 Å². The molecule has 0 aromatic rings. The number of carboxylic acid groups (broad SMARTS) is 1. The Hall–Kier alpha value is -1.69. The van der Waals surface area contributed by atoms with Crippen LogP contribution in [0, 0.1) is 5.92 Å². The number of esters is 1. The third-order valence-electron chi connectivity index (χ3n) is 1.83. The SMILES string of the molecule is C=CC(=O)C(O)COC(=O)CC(C)C(=O)O. The van der Waals surface area contributed by atoms with Gasteiger partial charge in [-0.2, -0.15) is 0 Å². The minimum atomic E-state index is -1.44. The van der Waals surface area contributed by atoms with Crippen molar-refractivity contribution in [3.8, 4) is 0 Å². The number of aliphatic hydroxyl groups is 1. The minimum Gasteiger partial charge on any atom is -0.481 e. The Bertz CT molecular complexity index is 296. The quantitative estimate of drug-likeness (QED) is 0.462. The molecule has 0 saturated heterocycles. The number of ether oxygens (including phenoxy) is 1. The molecule has 2 N–H and O–H groups in total. The van der Waals surface area contributed by atoms with Gasteiger partial charge in [0, 0.05) is 0 Å². The summed E-state index contributed by atoms with van der Waals surface area (Å²) >= 11 is 0. The van der Waals surface area contributed by atoms with Crippen LogP contribution in [0.3, 0.4) is 0 Å². The molecule has 0 amide bonds. The van der Waals surface area contributed by atoms with Crippen LogP contribution >= 0.6 is 0 Å². The topological polar surface area (TPSA) is 101 Å². The van der Waals surface area contributed by atoms with Gasteiger partial charge in [-0.25, -0.2) is 0 Å². The van der Waals surface area contributed by atoms with Crippen LogP contribution < -0.4 is 0 Å². The van der Waals surface area contributed by atoms with E-state index in [1.54, 1.807) is 0 Å². The van der Waals surface area contributed by atoms with Gasteiger partial charge >= 0.3 is 11.9 Å². The van der Waals surface area contributed by atoms with Gasteiger partial charge in [0.25, 0.3) is 0 Å². The summed E-state index contributed by atoms with van der Waals surface area (Å²) in [6.07, 6.45) is -0.829. The molecule has 0 aromatic carbocycles. The van der Waals surface area contributed by atoms with Gasteiger partial charge in [-0.05, 0) is 6.08 Å². The summed E-state index contributed by atoms with van der Waals surface area (Å²) in [5.41, 5.74) is 0. The van der Waals surface area contributed by atoms with Crippen LogP contribution in [0.25, 0.3) is 0 Å². The van der Waals surface area contributed by atoms with Crippen molar-refractivity contribution in [3.63, 3.8) is 0 Å². The molecule has 0 aliphatic carbocycles. The first kappa shape index (κ1) is 14.3. The molecule has 0 spiro atoms. The lowest BCUT2D eigenvalue weighted by atomic mass is 10.1. The molecule has 2 unspecified atom stereocenters. The maximum Gasteiger partial charge on any atom is 0.306 e. The van der Waals surface area contributed by atoms with E-state index in [4.69, 9.17) is 10.2 Å². The number of carboxylic acids is 1. The molecule has 16 heavy (non-hydrogen) atoms. The van der Waals surface area contributed by atoms with Gasteiger partial charge in [0.1, 0.15) is 6.61 Å². The molecule has 0 heterocycles. The maximum absolute atomic E-state index is 11.0. The summed E-state index contributed by atoms with van der Waals surface area (Å²) in [6.45, 7) is 4.02. The molecule has 0 saturated carbocycles. The highest BCUT2D eigenvalue weighted by atomic mass is 16.5. The van der Waals surface area contributed by atoms with Crippen molar-refractivity contribution in [1.82, 2.24) is 0 Å². The molecule has 0 rings (SSSR count). The second kappa shape index (κ2) is 6.73. The molecule has 0 aliphatic rings. The summed E-state index contributed by atoms with van der Waals surface area (Å²) in [5, 5.41) is 17.6. The lowest BCUT2D eigenvalue weighted by Crippen LogP contribution is -2.27. The lowest BCUT2D eigenvalue weighted by molar-refractivity contribution is -0.153. The van der Waals surface area contributed by atoms with E-state index in [-0.39, 0.29) is 6.42 Å². The van der Waals surface area contributed by atoms with Crippen molar-refractivity contribution in [2.45, 2.75) is 19.4 Å². The zero-order valence-corrected chi connectivity index (χ0v) is 8.88. The summed E-state index contributed by atoms with van der Waals surface area (Å²) in [7, 11) is 0. The van der Waals surface area contributed by atoms with Crippen molar-refractivity contribution >= 4 is 17.7 Å². The number of carbonyl (C=O) groups is 3. The molecule has 6 heteroatoms. The van der Waals surface area contributed by atoms with Crippen LogP contribution in [0.5, 0.6) is 0 Å². The maximum atomic E-state index is 11.0. The predicted octanol–water partition coefficient (Wildman–Crippen LogP) is -0.244. The molecule has 0 bridgehead atoms. The first-order chi connectivity index (χ1) is 7.38. The Kier molecular flexibility index (Phi) is 6.02. The monoisotopic (exact) mass is 230 g/mol. The predicted molar refractivity (Wildman–Crippen MR) is 53.6 cm³/mol. The fourth-order valence-corrected chi connectivity index (χ4v) is 0.786. The molecular formula is C10H14O6. The van der Waals surface area contributed by atoms with E-state index < -0.39 is 36.4 Å². The van der Waals surface area contributed by atoms with E-state index in [1.807, 2.05) is 0 Å². The first-order valence-electron chi connectivity index (χ1n) is 4.61. The molecule has 0 radical (unpaired) electrons. The van der Waals surface area contributed by atoms with Crippen molar-refractivity contribution in [1.29, 1.82) is 0 Å². The van der Waals surface area contributed by atoms with Gasteiger partial charge in [0.2, 0.25) is 0 Å². The van der Waals surface area contributed by atoms with E-state index >= 15 is 0 Å².